The number of carbonyl (C=O) groups is 2. The predicted molar refractivity (Wildman–Crippen MR) is 119 cm³/mol. The fourth-order valence-electron chi connectivity index (χ4n) is 4.66. The Morgan fingerprint density at radius 1 is 1.00 bits per heavy atom. The summed E-state index contributed by atoms with van der Waals surface area (Å²) in [5.74, 6) is -0.716. The Labute approximate surface area is 185 Å². The van der Waals surface area contributed by atoms with Crippen LogP contribution in [-0.2, 0) is 21.5 Å². The normalized spacial score (nSPS) is 21.5. The minimum atomic E-state index is -0.576. The molecule has 5 nitrogen and oxygen atoms in total. The zero-order chi connectivity index (χ0) is 22.1. The molecule has 0 bridgehead atoms. The van der Waals surface area contributed by atoms with Crippen LogP contribution in [0.4, 0.5) is 10.1 Å². The number of ether oxygens (including phenoxy) is 1. The molecule has 32 heavy (non-hydrogen) atoms. The number of anilines is 1. The fourth-order valence-corrected chi connectivity index (χ4v) is 4.66. The monoisotopic (exact) mass is 430 g/mol. The van der Waals surface area contributed by atoms with Crippen molar-refractivity contribution in [3.8, 4) is 0 Å². The van der Waals surface area contributed by atoms with Gasteiger partial charge in [0, 0.05) is 29.8 Å². The van der Waals surface area contributed by atoms with Gasteiger partial charge in [-0.05, 0) is 47.9 Å². The summed E-state index contributed by atoms with van der Waals surface area (Å²) in [7, 11) is 0. The van der Waals surface area contributed by atoms with Crippen molar-refractivity contribution < 1.29 is 18.7 Å². The first-order valence-electron chi connectivity index (χ1n) is 10.7. The quantitative estimate of drug-likeness (QED) is 0.685. The van der Waals surface area contributed by atoms with E-state index in [1.807, 2.05) is 54.6 Å². The van der Waals surface area contributed by atoms with Crippen LogP contribution in [0, 0.1) is 5.82 Å². The number of nitrogens with zero attached hydrogens (tertiary/aromatic N) is 1. The molecule has 1 saturated heterocycles. The second-order valence-electron chi connectivity index (χ2n) is 8.40. The summed E-state index contributed by atoms with van der Waals surface area (Å²) < 4.78 is 19.3. The van der Waals surface area contributed by atoms with Crippen molar-refractivity contribution in [2.45, 2.75) is 24.5 Å². The summed E-state index contributed by atoms with van der Waals surface area (Å²) in [6.07, 6.45) is -0.0784. The van der Waals surface area contributed by atoms with Crippen LogP contribution in [0.2, 0.25) is 0 Å². The maximum atomic E-state index is 13.3. The molecule has 2 heterocycles. The molecule has 1 fully saturated rings. The molecule has 5 rings (SSSR count). The van der Waals surface area contributed by atoms with E-state index < -0.39 is 11.5 Å². The van der Waals surface area contributed by atoms with Crippen LogP contribution >= 0.6 is 0 Å². The molecular weight excluding hydrogens is 407 g/mol. The summed E-state index contributed by atoms with van der Waals surface area (Å²) in [4.78, 5) is 27.7. The molecule has 2 aliphatic heterocycles. The molecule has 6 heteroatoms. The Bertz CT molecular complexity index is 1150. The lowest BCUT2D eigenvalue weighted by Crippen LogP contribution is -2.39. The van der Waals surface area contributed by atoms with Gasteiger partial charge in [-0.2, -0.15) is 0 Å². The molecule has 0 saturated carbocycles. The zero-order valence-corrected chi connectivity index (χ0v) is 17.5. The Kier molecular flexibility index (Phi) is 5.23. The smallest absolute Gasteiger partial charge is 0.258 e. The second-order valence-corrected chi connectivity index (χ2v) is 8.40. The molecule has 3 aromatic rings. The highest BCUT2D eigenvalue weighted by atomic mass is 19.1. The molecule has 1 N–H and O–H groups in total. The molecular formula is C26H23FN2O3. The van der Waals surface area contributed by atoms with Crippen LogP contribution < -0.4 is 10.2 Å². The third-order valence-corrected chi connectivity index (χ3v) is 6.30. The van der Waals surface area contributed by atoms with E-state index in [0.717, 1.165) is 16.8 Å². The van der Waals surface area contributed by atoms with Crippen LogP contribution in [0.1, 0.15) is 27.9 Å². The highest BCUT2D eigenvalue weighted by Gasteiger charge is 2.51. The number of amides is 2. The summed E-state index contributed by atoms with van der Waals surface area (Å²) in [5, 5.41) is 2.96. The molecule has 1 spiro atoms. The minimum absolute atomic E-state index is 0.147. The maximum Gasteiger partial charge on any atom is 0.258 e. The van der Waals surface area contributed by atoms with Crippen LogP contribution in [-0.4, -0.2) is 31.1 Å². The Hall–Kier alpha value is -3.51. The first-order valence-corrected chi connectivity index (χ1v) is 10.7. The molecule has 162 valence electrons. The van der Waals surface area contributed by atoms with Crippen LogP contribution in [0.15, 0.2) is 78.9 Å². The van der Waals surface area contributed by atoms with E-state index in [4.69, 9.17) is 4.74 Å². The van der Waals surface area contributed by atoms with Crippen molar-refractivity contribution in [3.63, 3.8) is 0 Å². The van der Waals surface area contributed by atoms with E-state index in [2.05, 4.69) is 5.32 Å². The molecule has 0 radical (unpaired) electrons. The average molecular weight is 430 g/mol. The minimum Gasteiger partial charge on any atom is -0.367 e. The van der Waals surface area contributed by atoms with Crippen molar-refractivity contribution >= 4 is 17.5 Å². The van der Waals surface area contributed by atoms with Crippen LogP contribution in [0.3, 0.4) is 0 Å². The second kappa shape index (κ2) is 8.20. The van der Waals surface area contributed by atoms with Gasteiger partial charge in [-0.3, -0.25) is 9.59 Å². The first kappa shape index (κ1) is 20.4. The third-order valence-electron chi connectivity index (χ3n) is 6.30. The van der Waals surface area contributed by atoms with E-state index in [-0.39, 0.29) is 17.6 Å². The van der Waals surface area contributed by atoms with Crippen LogP contribution in [0.25, 0.3) is 0 Å². The molecule has 0 aliphatic carbocycles. The van der Waals surface area contributed by atoms with Gasteiger partial charge in [0.2, 0.25) is 5.91 Å². The van der Waals surface area contributed by atoms with E-state index in [0.29, 0.717) is 31.7 Å². The zero-order valence-electron chi connectivity index (χ0n) is 17.5. The number of benzene rings is 3. The van der Waals surface area contributed by atoms with E-state index in [1.54, 1.807) is 4.90 Å². The number of para-hydroxylation sites is 1. The van der Waals surface area contributed by atoms with Crippen molar-refractivity contribution in [3.05, 3.63) is 101 Å². The van der Waals surface area contributed by atoms with Crippen molar-refractivity contribution in [1.82, 2.24) is 5.32 Å². The number of hydrogen-bond donors (Lipinski definition) is 1. The van der Waals surface area contributed by atoms with Gasteiger partial charge in [-0.25, -0.2) is 4.39 Å². The topological polar surface area (TPSA) is 58.6 Å². The molecule has 2 aliphatic rings. The lowest BCUT2D eigenvalue weighted by atomic mass is 9.80. The highest BCUT2D eigenvalue weighted by molar-refractivity contribution is 6.07. The van der Waals surface area contributed by atoms with Gasteiger partial charge in [-0.15, -0.1) is 0 Å². The van der Waals surface area contributed by atoms with Gasteiger partial charge in [-0.1, -0.05) is 48.5 Å². The average Bonchev–Trinajstić information content (AvgIpc) is 3.41. The number of hydrogen-bond acceptors (Lipinski definition) is 3. The van der Waals surface area contributed by atoms with Gasteiger partial charge < -0.3 is 15.0 Å². The molecule has 0 unspecified atom stereocenters. The lowest BCUT2D eigenvalue weighted by Gasteiger charge is -2.23. The highest BCUT2D eigenvalue weighted by Crippen LogP contribution is 2.47. The van der Waals surface area contributed by atoms with Crippen molar-refractivity contribution in [2.75, 3.05) is 18.1 Å². The predicted octanol–water partition coefficient (Wildman–Crippen LogP) is 3.83. The number of nitrogens with one attached hydrogen (secondary N) is 1. The molecule has 2 amide bonds. The summed E-state index contributed by atoms with van der Waals surface area (Å²) in [5.41, 5.74) is 2.83. The number of halogens is 1. The van der Waals surface area contributed by atoms with Gasteiger partial charge in [0.05, 0.1) is 6.61 Å². The van der Waals surface area contributed by atoms with Crippen molar-refractivity contribution in [1.29, 1.82) is 0 Å². The largest absolute Gasteiger partial charge is 0.367 e. The Balaban J connectivity index is 1.34. The van der Waals surface area contributed by atoms with Gasteiger partial charge in [0.25, 0.3) is 5.91 Å². The first-order chi connectivity index (χ1) is 15.6. The van der Waals surface area contributed by atoms with E-state index >= 15 is 0 Å². The molecule has 3 aromatic carbocycles. The van der Waals surface area contributed by atoms with Crippen LogP contribution in [0.5, 0.6) is 0 Å². The summed E-state index contributed by atoms with van der Waals surface area (Å²) >= 11 is 0. The SMILES string of the molecule is O=C(NCc1ccccc1)[C@H]1C[C@@]2(CO1)CN(C(=O)c1ccc(F)cc1)c1ccccc12. The summed E-state index contributed by atoms with van der Waals surface area (Å²) in [6, 6.07) is 23.0. The Morgan fingerprint density at radius 3 is 2.50 bits per heavy atom. The van der Waals surface area contributed by atoms with Crippen molar-refractivity contribution in [2.24, 2.45) is 0 Å². The molecule has 2 atom stereocenters. The standard InChI is InChI=1S/C26H23FN2O3/c27-20-12-10-19(11-13-20)25(31)29-16-26(21-8-4-5-9-22(21)29)14-23(32-17-26)24(30)28-15-18-6-2-1-3-7-18/h1-13,23H,14-17H2,(H,28,30)/t23-,26+/m1/s1. The van der Waals surface area contributed by atoms with E-state index in [1.165, 1.54) is 24.3 Å². The number of fused-ring (bicyclic) bond motifs is 2. The van der Waals surface area contributed by atoms with E-state index in [9.17, 15) is 14.0 Å². The number of carbonyl (C=O) groups excluding carboxylic acids is 2. The lowest BCUT2D eigenvalue weighted by molar-refractivity contribution is -0.130. The van der Waals surface area contributed by atoms with Gasteiger partial charge in [0.1, 0.15) is 11.9 Å². The third kappa shape index (κ3) is 3.67. The fraction of sp³-hybridized carbons (Fsp3) is 0.231. The Morgan fingerprint density at radius 2 is 1.72 bits per heavy atom. The maximum absolute atomic E-state index is 13.3. The molecule has 0 aromatic heterocycles. The van der Waals surface area contributed by atoms with Gasteiger partial charge in [0.15, 0.2) is 0 Å². The number of rotatable bonds is 4. The summed E-state index contributed by atoms with van der Waals surface area (Å²) in [6.45, 7) is 1.23. The van der Waals surface area contributed by atoms with Gasteiger partial charge >= 0.3 is 0 Å².